The number of ether oxygens (including phenoxy) is 1. The number of nitro groups is 1. The van der Waals surface area contributed by atoms with Crippen LogP contribution in [-0.2, 0) is 6.42 Å². The van der Waals surface area contributed by atoms with E-state index in [0.717, 1.165) is 5.56 Å². The molecule has 114 valence electrons. The van der Waals surface area contributed by atoms with Crippen LogP contribution in [0.5, 0.6) is 5.75 Å². The molecule has 3 aromatic rings. The molecule has 0 atom stereocenters. The number of benzene rings is 2. The van der Waals surface area contributed by atoms with E-state index in [4.69, 9.17) is 4.42 Å². The van der Waals surface area contributed by atoms with Gasteiger partial charge in [-0.05, 0) is 24.1 Å². The van der Waals surface area contributed by atoms with Gasteiger partial charge in [-0.3, -0.25) is 10.1 Å². The van der Waals surface area contributed by atoms with Crippen molar-refractivity contribution in [1.29, 1.82) is 0 Å². The third-order valence-electron chi connectivity index (χ3n) is 3.46. The molecule has 2 aromatic carbocycles. The molecule has 0 fully saturated rings. The second-order valence-electron chi connectivity index (χ2n) is 4.70. The Balaban J connectivity index is 2.36. The number of alkyl halides is 2. The number of furan rings is 1. The molecular formula is C15H11F2NO4. The van der Waals surface area contributed by atoms with Crippen LogP contribution in [0.15, 0.2) is 34.7 Å². The predicted octanol–water partition coefficient (Wildman–Crippen LogP) is 4.66. The van der Waals surface area contributed by atoms with Crippen LogP contribution < -0.4 is 4.74 Å². The molecule has 0 aliphatic heterocycles. The Kier molecular flexibility index (Phi) is 3.40. The maximum atomic E-state index is 12.5. The average molecular weight is 307 g/mol. The fourth-order valence-corrected chi connectivity index (χ4v) is 2.51. The van der Waals surface area contributed by atoms with Crippen LogP contribution >= 0.6 is 0 Å². The maximum absolute atomic E-state index is 12.5. The molecule has 3 rings (SSSR count). The molecule has 0 radical (unpaired) electrons. The topological polar surface area (TPSA) is 65.5 Å². The normalized spacial score (nSPS) is 11.5. The molecule has 0 aliphatic carbocycles. The Labute approximate surface area is 123 Å². The highest BCUT2D eigenvalue weighted by molar-refractivity contribution is 6.09. The largest absolute Gasteiger partial charge is 0.452 e. The van der Waals surface area contributed by atoms with Crippen molar-refractivity contribution in [2.75, 3.05) is 0 Å². The van der Waals surface area contributed by atoms with Gasteiger partial charge in [0.1, 0.15) is 5.58 Å². The number of halogens is 2. The van der Waals surface area contributed by atoms with Crippen molar-refractivity contribution in [2.24, 2.45) is 0 Å². The lowest BCUT2D eigenvalue weighted by atomic mass is 10.0. The number of rotatable bonds is 4. The first-order chi connectivity index (χ1) is 10.5. The molecule has 0 bridgehead atoms. The van der Waals surface area contributed by atoms with Gasteiger partial charge >= 0.3 is 6.61 Å². The highest BCUT2D eigenvalue weighted by Crippen LogP contribution is 2.39. The summed E-state index contributed by atoms with van der Waals surface area (Å²) < 4.78 is 35.1. The van der Waals surface area contributed by atoms with E-state index in [-0.39, 0.29) is 17.0 Å². The third-order valence-corrected chi connectivity index (χ3v) is 3.46. The standard InChI is InChI=1S/C15H11F2NO4/c1-2-8-3-5-12(22-15(16)17)14-13(8)10-7-9(18(19)20)4-6-11(10)21-14/h3-7,15H,2H2,1H3. The van der Waals surface area contributed by atoms with Gasteiger partial charge in [0.2, 0.25) is 0 Å². The van der Waals surface area contributed by atoms with E-state index < -0.39 is 11.5 Å². The summed E-state index contributed by atoms with van der Waals surface area (Å²) in [6.07, 6.45) is 0.628. The molecule has 1 heterocycles. The van der Waals surface area contributed by atoms with E-state index >= 15 is 0 Å². The van der Waals surface area contributed by atoms with Crippen LogP contribution in [-0.4, -0.2) is 11.5 Å². The van der Waals surface area contributed by atoms with E-state index in [1.807, 2.05) is 6.92 Å². The summed E-state index contributed by atoms with van der Waals surface area (Å²) in [6.45, 7) is -1.07. The molecular weight excluding hydrogens is 296 g/mol. The van der Waals surface area contributed by atoms with Crippen molar-refractivity contribution in [3.8, 4) is 5.75 Å². The van der Waals surface area contributed by atoms with Crippen LogP contribution in [0.2, 0.25) is 0 Å². The van der Waals surface area contributed by atoms with Crippen LogP contribution in [0.3, 0.4) is 0 Å². The van der Waals surface area contributed by atoms with Crippen LogP contribution in [0.4, 0.5) is 14.5 Å². The van der Waals surface area contributed by atoms with Crippen molar-refractivity contribution in [2.45, 2.75) is 20.0 Å². The SMILES string of the molecule is CCc1ccc(OC(F)F)c2oc3ccc([N+](=O)[O-])cc3c12. The Morgan fingerprint density at radius 3 is 2.73 bits per heavy atom. The van der Waals surface area contributed by atoms with Gasteiger partial charge in [-0.25, -0.2) is 0 Å². The predicted molar refractivity (Wildman–Crippen MR) is 76.4 cm³/mol. The molecule has 1 aromatic heterocycles. The van der Waals surface area contributed by atoms with Gasteiger partial charge < -0.3 is 9.15 Å². The third kappa shape index (κ3) is 2.24. The Morgan fingerprint density at radius 2 is 2.09 bits per heavy atom. The molecule has 5 nitrogen and oxygen atoms in total. The maximum Gasteiger partial charge on any atom is 0.387 e. The summed E-state index contributed by atoms with van der Waals surface area (Å²) >= 11 is 0. The minimum Gasteiger partial charge on any atom is -0.452 e. The van der Waals surface area contributed by atoms with Gasteiger partial charge in [0.25, 0.3) is 5.69 Å². The molecule has 0 unspecified atom stereocenters. The summed E-state index contributed by atoms with van der Waals surface area (Å²) in [6, 6.07) is 7.23. The minimum atomic E-state index is -2.97. The molecule has 0 amide bonds. The number of nitrogens with zero attached hydrogens (tertiary/aromatic N) is 1. The fourth-order valence-electron chi connectivity index (χ4n) is 2.51. The number of fused-ring (bicyclic) bond motifs is 3. The smallest absolute Gasteiger partial charge is 0.387 e. The lowest BCUT2D eigenvalue weighted by Gasteiger charge is -2.06. The number of hydrogen-bond donors (Lipinski definition) is 0. The molecule has 0 spiro atoms. The number of non-ortho nitro benzene ring substituents is 1. The Bertz CT molecular complexity index is 873. The van der Waals surface area contributed by atoms with E-state index in [1.54, 1.807) is 6.07 Å². The molecule has 22 heavy (non-hydrogen) atoms. The summed E-state index contributed by atoms with van der Waals surface area (Å²) in [4.78, 5) is 10.4. The average Bonchev–Trinajstić information content (AvgIpc) is 2.86. The number of aryl methyl sites for hydroxylation is 1. The summed E-state index contributed by atoms with van der Waals surface area (Å²) in [5, 5.41) is 12.0. The first-order valence-corrected chi connectivity index (χ1v) is 6.58. The summed E-state index contributed by atoms with van der Waals surface area (Å²) in [5.74, 6) is -0.0824. The van der Waals surface area contributed by atoms with Crippen LogP contribution in [0.1, 0.15) is 12.5 Å². The first-order valence-electron chi connectivity index (χ1n) is 6.58. The minimum absolute atomic E-state index is 0.0824. The van der Waals surface area contributed by atoms with Crippen molar-refractivity contribution in [1.82, 2.24) is 0 Å². The zero-order valence-corrected chi connectivity index (χ0v) is 11.5. The van der Waals surface area contributed by atoms with Crippen LogP contribution in [0, 0.1) is 10.1 Å². The Hall–Kier alpha value is -2.70. The van der Waals surface area contributed by atoms with Crippen molar-refractivity contribution in [3.63, 3.8) is 0 Å². The summed E-state index contributed by atoms with van der Waals surface area (Å²) in [7, 11) is 0. The molecule has 0 saturated heterocycles. The lowest BCUT2D eigenvalue weighted by molar-refractivity contribution is -0.384. The van der Waals surface area contributed by atoms with Gasteiger partial charge in [-0.1, -0.05) is 13.0 Å². The molecule has 0 aliphatic rings. The van der Waals surface area contributed by atoms with E-state index in [2.05, 4.69) is 4.74 Å². The second-order valence-corrected chi connectivity index (χ2v) is 4.70. The first kappa shape index (κ1) is 14.2. The van der Waals surface area contributed by atoms with Gasteiger partial charge in [-0.2, -0.15) is 8.78 Å². The quantitative estimate of drug-likeness (QED) is 0.519. The Morgan fingerprint density at radius 1 is 1.32 bits per heavy atom. The zero-order valence-electron chi connectivity index (χ0n) is 11.5. The lowest BCUT2D eigenvalue weighted by Crippen LogP contribution is -2.02. The number of nitro benzene ring substituents is 1. The number of hydrogen-bond acceptors (Lipinski definition) is 4. The van der Waals surface area contributed by atoms with Crippen molar-refractivity contribution in [3.05, 3.63) is 46.0 Å². The zero-order chi connectivity index (χ0) is 15.9. The highest BCUT2D eigenvalue weighted by Gasteiger charge is 2.19. The highest BCUT2D eigenvalue weighted by atomic mass is 19.3. The second kappa shape index (κ2) is 5.25. The fraction of sp³-hybridized carbons (Fsp3) is 0.200. The van der Waals surface area contributed by atoms with Gasteiger partial charge in [0, 0.05) is 22.9 Å². The van der Waals surface area contributed by atoms with Gasteiger partial charge in [0.05, 0.1) is 4.92 Å². The monoisotopic (exact) mass is 307 g/mol. The molecule has 0 saturated carbocycles. The van der Waals surface area contributed by atoms with E-state index in [1.165, 1.54) is 24.3 Å². The van der Waals surface area contributed by atoms with Crippen molar-refractivity contribution >= 4 is 27.6 Å². The summed E-state index contributed by atoms with van der Waals surface area (Å²) in [5.41, 5.74) is 1.32. The van der Waals surface area contributed by atoms with E-state index in [0.29, 0.717) is 22.8 Å². The molecule has 7 heteroatoms. The van der Waals surface area contributed by atoms with E-state index in [9.17, 15) is 18.9 Å². The van der Waals surface area contributed by atoms with Crippen LogP contribution in [0.25, 0.3) is 21.9 Å². The van der Waals surface area contributed by atoms with Crippen molar-refractivity contribution < 1.29 is 22.9 Å². The van der Waals surface area contributed by atoms with Gasteiger partial charge in [0.15, 0.2) is 11.3 Å². The van der Waals surface area contributed by atoms with Gasteiger partial charge in [-0.15, -0.1) is 0 Å². The molecule has 0 N–H and O–H groups in total.